The number of nitrogens with zero attached hydrogens (tertiary/aromatic N) is 2. The molecule has 0 aliphatic rings. The van der Waals surface area contributed by atoms with Crippen molar-refractivity contribution in [2.75, 3.05) is 17.6 Å². The van der Waals surface area contributed by atoms with Crippen LogP contribution in [0, 0.1) is 5.82 Å². The van der Waals surface area contributed by atoms with Gasteiger partial charge in [-0.05, 0) is 24.5 Å². The Morgan fingerprint density at radius 1 is 1.26 bits per heavy atom. The van der Waals surface area contributed by atoms with Crippen molar-refractivity contribution < 1.29 is 4.39 Å². The highest BCUT2D eigenvalue weighted by atomic mass is 19.1. The summed E-state index contributed by atoms with van der Waals surface area (Å²) in [6.45, 7) is 2.60. The second kappa shape index (κ2) is 6.13. The van der Waals surface area contributed by atoms with E-state index in [2.05, 4.69) is 15.3 Å². The smallest absolute Gasteiger partial charge is 0.134 e. The molecule has 0 atom stereocenters. The Labute approximate surface area is 111 Å². The first kappa shape index (κ1) is 13.3. The van der Waals surface area contributed by atoms with Crippen molar-refractivity contribution in [2.24, 2.45) is 0 Å². The molecule has 3 N–H and O–H groups in total. The molecule has 100 valence electrons. The third-order valence-electron chi connectivity index (χ3n) is 2.98. The number of anilines is 2. The van der Waals surface area contributed by atoms with Crippen molar-refractivity contribution in [3.8, 4) is 0 Å². The summed E-state index contributed by atoms with van der Waals surface area (Å²) in [5, 5.41) is 3.18. The second-order valence-electron chi connectivity index (χ2n) is 4.21. The minimum Gasteiger partial charge on any atom is -0.383 e. The molecule has 0 saturated heterocycles. The van der Waals surface area contributed by atoms with Gasteiger partial charge in [0.25, 0.3) is 0 Å². The third kappa shape index (κ3) is 3.19. The molecule has 0 amide bonds. The lowest BCUT2D eigenvalue weighted by Crippen LogP contribution is -2.11. The van der Waals surface area contributed by atoms with Crippen LogP contribution in [0.4, 0.5) is 16.0 Å². The number of nitrogen functional groups attached to an aromatic ring is 1. The van der Waals surface area contributed by atoms with Gasteiger partial charge in [0, 0.05) is 12.1 Å². The number of aromatic nitrogens is 2. The standard InChI is InChI=1S/C14H17FN4/c1-2-11-13(16)18-9-19-14(11)17-8-7-10-5-3-4-6-12(10)15/h3-6,9H,2,7-8H2,1H3,(H3,16,17,18,19). The minimum atomic E-state index is -0.179. The van der Waals surface area contributed by atoms with Gasteiger partial charge in [-0.25, -0.2) is 14.4 Å². The van der Waals surface area contributed by atoms with Gasteiger partial charge in [-0.2, -0.15) is 0 Å². The number of halogens is 1. The molecule has 0 unspecified atom stereocenters. The van der Waals surface area contributed by atoms with E-state index in [-0.39, 0.29) is 5.82 Å². The van der Waals surface area contributed by atoms with Crippen LogP contribution in [0.5, 0.6) is 0 Å². The fraction of sp³-hybridized carbons (Fsp3) is 0.286. The van der Waals surface area contributed by atoms with Gasteiger partial charge in [0.05, 0.1) is 0 Å². The lowest BCUT2D eigenvalue weighted by atomic mass is 10.1. The minimum absolute atomic E-state index is 0.179. The summed E-state index contributed by atoms with van der Waals surface area (Å²) in [5.41, 5.74) is 7.38. The summed E-state index contributed by atoms with van der Waals surface area (Å²) >= 11 is 0. The van der Waals surface area contributed by atoms with Gasteiger partial charge in [-0.3, -0.25) is 0 Å². The predicted molar refractivity (Wildman–Crippen MR) is 74.4 cm³/mol. The van der Waals surface area contributed by atoms with Crippen LogP contribution >= 0.6 is 0 Å². The quantitative estimate of drug-likeness (QED) is 0.866. The fourth-order valence-electron chi connectivity index (χ4n) is 1.94. The zero-order valence-corrected chi connectivity index (χ0v) is 10.9. The molecule has 1 aromatic carbocycles. The van der Waals surface area contributed by atoms with E-state index >= 15 is 0 Å². The average Bonchev–Trinajstić information content (AvgIpc) is 2.41. The summed E-state index contributed by atoms with van der Waals surface area (Å²) in [4.78, 5) is 8.13. The highest BCUT2D eigenvalue weighted by molar-refractivity contribution is 5.54. The monoisotopic (exact) mass is 260 g/mol. The molecule has 1 aromatic heterocycles. The van der Waals surface area contributed by atoms with E-state index < -0.39 is 0 Å². The number of hydrogen-bond donors (Lipinski definition) is 2. The van der Waals surface area contributed by atoms with Crippen molar-refractivity contribution in [3.05, 3.63) is 47.5 Å². The van der Waals surface area contributed by atoms with E-state index in [0.717, 1.165) is 17.8 Å². The second-order valence-corrected chi connectivity index (χ2v) is 4.21. The summed E-state index contributed by atoms with van der Waals surface area (Å²) in [7, 11) is 0. The van der Waals surface area contributed by atoms with Gasteiger partial charge < -0.3 is 11.1 Å². The number of benzene rings is 1. The van der Waals surface area contributed by atoms with Crippen LogP contribution in [0.2, 0.25) is 0 Å². The van der Waals surface area contributed by atoms with Gasteiger partial charge in [0.2, 0.25) is 0 Å². The van der Waals surface area contributed by atoms with Gasteiger partial charge in [-0.15, -0.1) is 0 Å². The van der Waals surface area contributed by atoms with Crippen molar-refractivity contribution in [2.45, 2.75) is 19.8 Å². The van der Waals surface area contributed by atoms with Gasteiger partial charge >= 0.3 is 0 Å². The highest BCUT2D eigenvalue weighted by Crippen LogP contribution is 2.17. The first-order valence-electron chi connectivity index (χ1n) is 6.29. The van der Waals surface area contributed by atoms with Crippen LogP contribution in [0.25, 0.3) is 0 Å². The van der Waals surface area contributed by atoms with Gasteiger partial charge in [0.1, 0.15) is 23.8 Å². The lowest BCUT2D eigenvalue weighted by Gasteiger charge is -2.11. The molecule has 2 aromatic rings. The van der Waals surface area contributed by atoms with Crippen LogP contribution < -0.4 is 11.1 Å². The normalized spacial score (nSPS) is 10.4. The summed E-state index contributed by atoms with van der Waals surface area (Å²) in [6, 6.07) is 6.77. The van der Waals surface area contributed by atoms with Gasteiger partial charge in [0.15, 0.2) is 0 Å². The van der Waals surface area contributed by atoms with Crippen LogP contribution in [-0.4, -0.2) is 16.5 Å². The Morgan fingerprint density at radius 2 is 2.05 bits per heavy atom. The van der Waals surface area contributed by atoms with E-state index in [4.69, 9.17) is 5.73 Å². The Balaban J connectivity index is 2.00. The molecule has 0 fully saturated rings. The Morgan fingerprint density at radius 3 is 2.79 bits per heavy atom. The van der Waals surface area contributed by atoms with E-state index in [1.807, 2.05) is 13.0 Å². The molecule has 0 bridgehead atoms. The summed E-state index contributed by atoms with van der Waals surface area (Å²) in [6.07, 6.45) is 2.79. The molecule has 2 rings (SSSR count). The Kier molecular flexibility index (Phi) is 4.28. The van der Waals surface area contributed by atoms with Crippen molar-refractivity contribution in [1.29, 1.82) is 0 Å². The van der Waals surface area contributed by atoms with Crippen molar-refractivity contribution in [3.63, 3.8) is 0 Å². The molecular formula is C14H17FN4. The number of nitrogens with one attached hydrogen (secondary N) is 1. The van der Waals surface area contributed by atoms with Crippen LogP contribution in [0.15, 0.2) is 30.6 Å². The van der Waals surface area contributed by atoms with E-state index in [1.165, 1.54) is 12.4 Å². The maximum atomic E-state index is 13.5. The molecule has 0 radical (unpaired) electrons. The molecule has 1 heterocycles. The van der Waals surface area contributed by atoms with Crippen molar-refractivity contribution >= 4 is 11.6 Å². The number of rotatable bonds is 5. The predicted octanol–water partition coefficient (Wildman–Crippen LogP) is 2.41. The largest absolute Gasteiger partial charge is 0.383 e. The molecule has 5 heteroatoms. The molecular weight excluding hydrogens is 243 g/mol. The van der Waals surface area contributed by atoms with Crippen LogP contribution in [0.1, 0.15) is 18.1 Å². The van der Waals surface area contributed by atoms with E-state index in [1.54, 1.807) is 12.1 Å². The molecule has 0 saturated carbocycles. The average molecular weight is 260 g/mol. The maximum Gasteiger partial charge on any atom is 0.134 e. The van der Waals surface area contributed by atoms with Gasteiger partial charge in [-0.1, -0.05) is 25.1 Å². The number of nitrogens with two attached hydrogens (primary N) is 1. The Bertz CT molecular complexity index is 557. The Hall–Kier alpha value is -2.17. The first-order valence-corrected chi connectivity index (χ1v) is 6.29. The zero-order valence-electron chi connectivity index (χ0n) is 10.9. The maximum absolute atomic E-state index is 13.5. The van der Waals surface area contributed by atoms with E-state index in [0.29, 0.717) is 24.3 Å². The van der Waals surface area contributed by atoms with Crippen LogP contribution in [-0.2, 0) is 12.8 Å². The zero-order chi connectivity index (χ0) is 13.7. The molecule has 0 aliphatic heterocycles. The SMILES string of the molecule is CCc1c(N)ncnc1NCCc1ccccc1F. The van der Waals surface area contributed by atoms with Crippen LogP contribution in [0.3, 0.4) is 0 Å². The van der Waals surface area contributed by atoms with Crippen molar-refractivity contribution in [1.82, 2.24) is 9.97 Å². The number of hydrogen-bond acceptors (Lipinski definition) is 4. The highest BCUT2D eigenvalue weighted by Gasteiger charge is 2.07. The lowest BCUT2D eigenvalue weighted by molar-refractivity contribution is 0.610. The van der Waals surface area contributed by atoms with E-state index in [9.17, 15) is 4.39 Å². The third-order valence-corrected chi connectivity index (χ3v) is 2.98. The molecule has 4 nitrogen and oxygen atoms in total. The molecule has 0 aliphatic carbocycles. The first-order chi connectivity index (χ1) is 9.22. The summed E-state index contributed by atoms with van der Waals surface area (Å²) in [5.74, 6) is 1.04. The topological polar surface area (TPSA) is 63.8 Å². The molecule has 19 heavy (non-hydrogen) atoms. The molecule has 0 spiro atoms. The summed E-state index contributed by atoms with van der Waals surface area (Å²) < 4.78 is 13.5. The fourth-order valence-corrected chi connectivity index (χ4v) is 1.94.